The van der Waals surface area contributed by atoms with Gasteiger partial charge in [-0.1, -0.05) is 31.4 Å². The van der Waals surface area contributed by atoms with E-state index in [0.29, 0.717) is 44.3 Å². The summed E-state index contributed by atoms with van der Waals surface area (Å²) >= 11 is 8.00. The van der Waals surface area contributed by atoms with Gasteiger partial charge in [-0.2, -0.15) is 50.8 Å². The van der Waals surface area contributed by atoms with Gasteiger partial charge >= 0.3 is 59.9 Å². The zero-order valence-electron chi connectivity index (χ0n) is 56.7. The minimum Gasteiger partial charge on any atom is -0.481 e. The number of H-pyrrole nitrogens is 1. The number of ether oxygens (including phenoxy) is 7. The number of hydrogen-bond acceptors (Lipinski definition) is 26. The van der Waals surface area contributed by atoms with Crippen LogP contribution in [0.15, 0.2) is 105 Å². The van der Waals surface area contributed by atoms with Crippen molar-refractivity contribution in [2.45, 2.75) is 86.5 Å². The summed E-state index contributed by atoms with van der Waals surface area (Å²) in [5.74, 6) is -2.88. The molecule has 0 spiro atoms. The van der Waals surface area contributed by atoms with Crippen LogP contribution in [-0.2, 0) is 63.6 Å². The Kier molecular flexibility index (Phi) is 30.1. The first kappa shape index (κ1) is 85.6. The van der Waals surface area contributed by atoms with Gasteiger partial charge in [0.1, 0.15) is 22.7 Å². The van der Waals surface area contributed by atoms with Crippen LogP contribution in [0.3, 0.4) is 0 Å². The van der Waals surface area contributed by atoms with Gasteiger partial charge in [-0.25, -0.2) is 49.5 Å². The van der Waals surface area contributed by atoms with Crippen molar-refractivity contribution in [3.63, 3.8) is 0 Å². The molecular weight excluding hydrogens is 1600 g/mol. The molecule has 3 N–H and O–H groups in total. The van der Waals surface area contributed by atoms with Gasteiger partial charge in [-0.05, 0) is 123 Å². The molecule has 32 nitrogen and oxygen atoms in total. The summed E-state index contributed by atoms with van der Waals surface area (Å²) in [5, 5.41) is 9.94. The molecular formula is C60H61ClF6IN14NaO18S3. The molecule has 0 saturated carbocycles. The summed E-state index contributed by atoms with van der Waals surface area (Å²) in [6, 6.07) is 13.5. The molecule has 3 aromatic carbocycles. The predicted octanol–water partition coefficient (Wildman–Crippen LogP) is 6.70. The second kappa shape index (κ2) is 36.6. The number of alkyl halides is 6. The molecule has 1 atom stereocenters. The van der Waals surface area contributed by atoms with E-state index in [1.165, 1.54) is 66.5 Å². The Labute approximate surface area is 629 Å². The van der Waals surface area contributed by atoms with Crippen LogP contribution in [-0.4, -0.2) is 158 Å². The number of carbonyl (C=O) groups excluding carboxylic acids is 4. The van der Waals surface area contributed by atoms with Crippen molar-refractivity contribution < 1.29 is 133 Å². The number of methoxy groups -OCH3 is 5. The number of hydrogen-bond donors (Lipinski definition) is 3. The largest absolute Gasteiger partial charge is 1.00 e. The molecule has 9 aromatic rings. The molecule has 0 radical (unpaired) electrons. The number of rotatable bonds is 22. The van der Waals surface area contributed by atoms with E-state index in [2.05, 4.69) is 66.8 Å². The number of sulfone groups is 1. The fraction of sp³-hybridized carbons (Fsp3) is 0.317. The van der Waals surface area contributed by atoms with Crippen molar-refractivity contribution in [3.05, 3.63) is 148 Å². The van der Waals surface area contributed by atoms with Crippen LogP contribution in [0.5, 0.6) is 29.4 Å². The number of unbranched alkanes of at least 4 members (excludes halogenated alkanes) is 2. The number of nitrogens with one attached hydrogen (secondary N) is 3. The molecule has 554 valence electrons. The van der Waals surface area contributed by atoms with Crippen LogP contribution in [0.25, 0.3) is 21.4 Å². The summed E-state index contributed by atoms with van der Waals surface area (Å²) in [4.78, 5) is 84.8. The quantitative estimate of drug-likeness (QED) is 0.0159. The van der Waals surface area contributed by atoms with Crippen LogP contribution in [0.4, 0.5) is 43.0 Å². The van der Waals surface area contributed by atoms with E-state index in [4.69, 9.17) is 40.0 Å². The number of aromatic nitrogens is 11. The Morgan fingerprint density at radius 1 is 0.779 bits per heavy atom. The minimum atomic E-state index is -4.98. The fourth-order valence-corrected chi connectivity index (χ4v) is 13.0. The van der Waals surface area contributed by atoms with Gasteiger partial charge in [0.05, 0.1) is 79.2 Å². The van der Waals surface area contributed by atoms with Crippen LogP contribution in [0.1, 0.15) is 88.5 Å². The van der Waals surface area contributed by atoms with Gasteiger partial charge < -0.3 is 43.2 Å². The Morgan fingerprint density at radius 2 is 1.47 bits per heavy atom. The molecule has 0 aliphatic heterocycles. The van der Waals surface area contributed by atoms with E-state index in [0.717, 1.165) is 66.7 Å². The van der Waals surface area contributed by atoms with Gasteiger partial charge in [0.2, 0.25) is 33.4 Å². The third-order valence-electron chi connectivity index (χ3n) is 13.5. The second-order valence-corrected chi connectivity index (χ2v) is 27.8. The molecule has 0 aliphatic carbocycles. The van der Waals surface area contributed by atoms with Gasteiger partial charge in [0, 0.05) is 45.9 Å². The standard InChI is InChI=1S/C18H22ClNO3.C14H13F3N6O5S.C14H13F3N2O4S.C14H14IN5O6S.Na/c1-3-4-5-7-13(2)23-17(21)12-22-16-10-9-15(19)14-8-6-11-20-18(14)16;1-26-8-6-9(27-2)23-13(19-8)20-12(21-23)22-29(24,25)10-7(14(15,16)17)4-5-18-11(10)28-3;1-7-11(13(21)19(2)18-7)12(20)9-5-4-8(14(15,16)17)6-10(9)24(3,22)23;1-7-16-12(19-14(17-7)26-3)18-13(22)20-27(23,24)10-6-8(15)4-5-9(10)11(21)25-2;/h6,8-11,13H,3-5,7,12H2,1-2H3;4-6H,1-3H3,(H,21,22);4-6,18H,1-3H3;4-6H,1-3H3,(H2,16,17,18,19,20,22);/q;;;;+1/p-1. The maximum atomic E-state index is 13.3. The van der Waals surface area contributed by atoms with E-state index in [-0.39, 0.29) is 100 Å². The maximum absolute atomic E-state index is 13.3. The topological polar surface area (TPSA) is 419 Å². The molecule has 104 heavy (non-hydrogen) atoms. The smallest absolute Gasteiger partial charge is 0.481 e. The van der Waals surface area contributed by atoms with Crippen molar-refractivity contribution in [2.24, 2.45) is 7.05 Å². The van der Waals surface area contributed by atoms with E-state index in [9.17, 15) is 75.6 Å². The van der Waals surface area contributed by atoms with Crippen molar-refractivity contribution in [2.75, 3.05) is 58.5 Å². The van der Waals surface area contributed by atoms with Crippen molar-refractivity contribution in [1.29, 1.82) is 0 Å². The van der Waals surface area contributed by atoms with Crippen molar-refractivity contribution in [1.82, 2.24) is 54.3 Å². The van der Waals surface area contributed by atoms with Gasteiger partial charge in [0.25, 0.3) is 27.3 Å². The number of ketones is 1. The van der Waals surface area contributed by atoms with Crippen LogP contribution < -0.4 is 68.8 Å². The average Bonchev–Trinajstić information content (AvgIpc) is 0.982. The van der Waals surface area contributed by atoms with Crippen LogP contribution in [0.2, 0.25) is 5.02 Å². The summed E-state index contributed by atoms with van der Waals surface area (Å²) in [6.07, 6.45) is -2.43. The predicted molar refractivity (Wildman–Crippen MR) is 362 cm³/mol. The summed E-state index contributed by atoms with van der Waals surface area (Å²) in [7, 11) is -6.05. The molecule has 44 heteroatoms. The molecule has 6 aromatic heterocycles. The number of esters is 2. The number of amides is 2. The number of anilines is 2. The first-order valence-electron chi connectivity index (χ1n) is 29.2. The average molecular weight is 1660 g/mol. The normalized spacial score (nSPS) is 11.7. The third kappa shape index (κ3) is 22.5. The number of halogens is 8. The number of pyridine rings is 2. The molecule has 9 rings (SSSR count). The van der Waals surface area contributed by atoms with E-state index < -0.39 is 109 Å². The molecule has 0 fully saturated rings. The second-order valence-electron chi connectivity index (χ2n) is 20.9. The monoisotopic (exact) mass is 1660 g/mol. The Bertz CT molecular complexity index is 5060. The minimum absolute atomic E-state index is 0. The first-order valence-corrected chi connectivity index (χ1v) is 35.5. The maximum Gasteiger partial charge on any atom is 1.00 e. The number of nitrogens with zero attached hydrogens (tertiary/aromatic N) is 11. The number of fused-ring (bicyclic) bond motifs is 2. The Balaban J connectivity index is 0.000000249. The van der Waals surface area contributed by atoms with Crippen molar-refractivity contribution in [3.8, 4) is 29.4 Å². The SMILES string of the molecule is CCCCCC(C)OC(=O)COc1ccc(Cl)c2cccnc12.COC(=O)c1ccc(I)cc1S(=O)(=O)[N-]C(=O)Nc1nc(C)nc(OC)n1.COc1cc(OC)n2nc(NS(=O)(=O)c3c(C(F)(F)F)ccnc3OC)nc2n1.Cc1[nH]n(C)c(=O)c1C(=O)c1ccc(C(F)(F)F)cc1S(C)(=O)=O.[Na+]. The number of carbonyl (C=O) groups is 4. The molecule has 6 heterocycles. The van der Waals surface area contributed by atoms with Crippen LogP contribution >= 0.6 is 34.2 Å². The number of urea groups is 1. The summed E-state index contributed by atoms with van der Waals surface area (Å²) < 4.78 is 195. The van der Waals surface area contributed by atoms with E-state index >= 15 is 0 Å². The molecule has 0 aliphatic rings. The first-order chi connectivity index (χ1) is 48.2. The molecule has 2 amide bonds. The van der Waals surface area contributed by atoms with E-state index in [1.54, 1.807) is 18.3 Å². The number of sulfonamides is 2. The number of benzene rings is 3. The third-order valence-corrected chi connectivity index (χ3v) is 18.3. The van der Waals surface area contributed by atoms with Gasteiger partial charge in [-0.15, -0.1) is 5.10 Å². The summed E-state index contributed by atoms with van der Waals surface area (Å²) in [5.41, 5.74) is -3.57. The number of aromatic amines is 1. The van der Waals surface area contributed by atoms with Crippen LogP contribution in [0, 0.1) is 17.4 Å². The zero-order valence-corrected chi connectivity index (χ0v) is 64.1. The Morgan fingerprint density at radius 3 is 2.07 bits per heavy atom. The van der Waals surface area contributed by atoms with Gasteiger partial charge in [0.15, 0.2) is 33.3 Å². The van der Waals surface area contributed by atoms with E-state index in [1.807, 2.05) is 46.4 Å². The van der Waals surface area contributed by atoms with Gasteiger partial charge in [-0.3, -0.25) is 29.1 Å². The zero-order chi connectivity index (χ0) is 76.7. The Hall–Kier alpha value is -9.08. The molecule has 1 unspecified atom stereocenters. The molecule has 0 bridgehead atoms. The fourth-order valence-electron chi connectivity index (χ4n) is 8.86. The molecule has 0 saturated heterocycles. The van der Waals surface area contributed by atoms with Crippen molar-refractivity contribution >= 4 is 116 Å². The summed E-state index contributed by atoms with van der Waals surface area (Å²) in [6.45, 7) is 6.88. The number of aryl methyl sites for hydroxylation is 3.